The lowest BCUT2D eigenvalue weighted by molar-refractivity contribution is -0.137. The number of hydrogen-bond donors (Lipinski definition) is 3. The molecule has 3 N–H and O–H groups in total. The fourth-order valence-electron chi connectivity index (χ4n) is 1.26. The van der Waals surface area contributed by atoms with Crippen molar-refractivity contribution < 1.29 is 19.8 Å². The minimum Gasteiger partial charge on any atom is -0.505 e. The van der Waals surface area contributed by atoms with Crippen molar-refractivity contribution in [2.24, 2.45) is 0 Å². The molecule has 92 valence electrons. The van der Waals surface area contributed by atoms with Crippen LogP contribution in [0.25, 0.3) is 0 Å². The first-order valence-corrected chi connectivity index (χ1v) is 5.25. The van der Waals surface area contributed by atoms with Gasteiger partial charge in [0.25, 0.3) is 5.91 Å². The van der Waals surface area contributed by atoms with Gasteiger partial charge in [0, 0.05) is 19.2 Å². The van der Waals surface area contributed by atoms with E-state index >= 15 is 0 Å². The number of carbonyl (C=O) groups is 2. The predicted octanol–water partition coefficient (Wildman–Crippen LogP) is 0.772. The first-order valence-electron chi connectivity index (χ1n) is 5.25. The number of unbranched alkanes of at least 4 members (excludes halogenated alkanes) is 1. The van der Waals surface area contributed by atoms with Gasteiger partial charge in [-0.1, -0.05) is 0 Å². The molecule has 0 saturated heterocycles. The normalized spacial score (nSPS) is 9.88. The number of aromatic hydroxyl groups is 1. The molecule has 1 aromatic heterocycles. The number of nitrogens with zero attached hydrogens (tertiary/aromatic N) is 1. The maximum Gasteiger partial charge on any atom is 0.303 e. The Kier molecular flexibility index (Phi) is 4.93. The Morgan fingerprint density at radius 3 is 2.76 bits per heavy atom. The number of carboxylic acid groups (broad SMARTS) is 1. The van der Waals surface area contributed by atoms with Gasteiger partial charge in [0.15, 0.2) is 5.69 Å². The molecular weight excluding hydrogens is 224 g/mol. The van der Waals surface area contributed by atoms with E-state index in [0.29, 0.717) is 19.4 Å². The SMILES string of the molecule is O=C(O)CCCCNC(=O)c1ncccc1O. The second-order valence-corrected chi connectivity index (χ2v) is 3.48. The minimum absolute atomic E-state index is 0.0225. The number of rotatable bonds is 6. The molecular formula is C11H14N2O4. The summed E-state index contributed by atoms with van der Waals surface area (Å²) in [6.45, 7) is 0.363. The number of carbonyl (C=O) groups excluding carboxylic acids is 1. The van der Waals surface area contributed by atoms with Crippen LogP contribution < -0.4 is 5.32 Å². The Morgan fingerprint density at radius 2 is 2.12 bits per heavy atom. The lowest BCUT2D eigenvalue weighted by atomic mass is 10.2. The molecule has 0 spiro atoms. The Labute approximate surface area is 98.3 Å². The number of nitrogens with one attached hydrogen (secondary N) is 1. The summed E-state index contributed by atoms with van der Waals surface area (Å²) in [7, 11) is 0. The summed E-state index contributed by atoms with van der Waals surface area (Å²) in [5.41, 5.74) is -0.0225. The molecule has 0 aliphatic carbocycles. The van der Waals surface area contributed by atoms with E-state index in [9.17, 15) is 14.7 Å². The molecule has 0 atom stereocenters. The monoisotopic (exact) mass is 238 g/mol. The van der Waals surface area contributed by atoms with Crippen LogP contribution in [0.1, 0.15) is 29.8 Å². The van der Waals surface area contributed by atoms with E-state index in [1.807, 2.05) is 0 Å². The van der Waals surface area contributed by atoms with E-state index in [4.69, 9.17) is 5.11 Å². The van der Waals surface area contributed by atoms with Crippen molar-refractivity contribution in [3.63, 3.8) is 0 Å². The van der Waals surface area contributed by atoms with Crippen molar-refractivity contribution >= 4 is 11.9 Å². The van der Waals surface area contributed by atoms with Crippen molar-refractivity contribution in [1.82, 2.24) is 10.3 Å². The largest absolute Gasteiger partial charge is 0.505 e. The van der Waals surface area contributed by atoms with Gasteiger partial charge in [-0.3, -0.25) is 9.59 Å². The van der Waals surface area contributed by atoms with Crippen LogP contribution in [0.4, 0.5) is 0 Å². The number of pyridine rings is 1. The maximum atomic E-state index is 11.5. The molecule has 0 unspecified atom stereocenters. The van der Waals surface area contributed by atoms with Crippen molar-refractivity contribution in [3.8, 4) is 5.75 Å². The first kappa shape index (κ1) is 13.0. The summed E-state index contributed by atoms with van der Waals surface area (Å²) < 4.78 is 0. The van der Waals surface area contributed by atoms with Gasteiger partial charge < -0.3 is 15.5 Å². The van der Waals surface area contributed by atoms with E-state index in [0.717, 1.165) is 0 Å². The van der Waals surface area contributed by atoms with Gasteiger partial charge in [0.1, 0.15) is 5.75 Å². The molecule has 0 bridgehead atoms. The van der Waals surface area contributed by atoms with Gasteiger partial charge in [0.2, 0.25) is 0 Å². The van der Waals surface area contributed by atoms with Crippen LogP contribution in [-0.2, 0) is 4.79 Å². The number of carboxylic acids is 1. The molecule has 0 aromatic carbocycles. The van der Waals surface area contributed by atoms with Crippen LogP contribution in [0, 0.1) is 0 Å². The van der Waals surface area contributed by atoms with Gasteiger partial charge in [-0.05, 0) is 25.0 Å². The summed E-state index contributed by atoms with van der Waals surface area (Å²) >= 11 is 0. The Morgan fingerprint density at radius 1 is 1.35 bits per heavy atom. The lowest BCUT2D eigenvalue weighted by Crippen LogP contribution is -2.25. The predicted molar refractivity (Wildman–Crippen MR) is 59.7 cm³/mol. The second-order valence-electron chi connectivity index (χ2n) is 3.48. The highest BCUT2D eigenvalue weighted by Gasteiger charge is 2.10. The van der Waals surface area contributed by atoms with Gasteiger partial charge in [-0.2, -0.15) is 0 Å². The number of aromatic nitrogens is 1. The molecule has 1 heterocycles. The summed E-state index contributed by atoms with van der Waals surface area (Å²) in [4.78, 5) is 25.5. The number of amides is 1. The topological polar surface area (TPSA) is 99.5 Å². The second kappa shape index (κ2) is 6.47. The fraction of sp³-hybridized carbons (Fsp3) is 0.364. The molecule has 6 nitrogen and oxygen atoms in total. The highest BCUT2D eigenvalue weighted by molar-refractivity contribution is 5.94. The van der Waals surface area contributed by atoms with Crippen LogP contribution in [0.2, 0.25) is 0 Å². The summed E-state index contributed by atoms with van der Waals surface area (Å²) in [5, 5.41) is 20.3. The highest BCUT2D eigenvalue weighted by atomic mass is 16.4. The third-order valence-electron chi connectivity index (χ3n) is 2.10. The fourth-order valence-corrected chi connectivity index (χ4v) is 1.26. The first-order chi connectivity index (χ1) is 8.11. The standard InChI is InChI=1S/C11H14N2O4/c14-8-4-3-7-12-10(8)11(17)13-6-2-1-5-9(15)16/h3-4,7,14H,1-2,5-6H2,(H,13,17)(H,15,16). The maximum absolute atomic E-state index is 11.5. The Hall–Kier alpha value is -2.11. The minimum atomic E-state index is -0.848. The molecule has 1 amide bonds. The summed E-state index contributed by atoms with van der Waals surface area (Å²) in [6, 6.07) is 2.91. The zero-order chi connectivity index (χ0) is 12.7. The Balaban J connectivity index is 2.31. The zero-order valence-corrected chi connectivity index (χ0v) is 9.22. The molecule has 1 rings (SSSR count). The van der Waals surface area contributed by atoms with Crippen LogP contribution in [0.5, 0.6) is 5.75 Å². The molecule has 0 aliphatic heterocycles. The highest BCUT2D eigenvalue weighted by Crippen LogP contribution is 2.11. The third-order valence-corrected chi connectivity index (χ3v) is 2.10. The van der Waals surface area contributed by atoms with Crippen LogP contribution >= 0.6 is 0 Å². The van der Waals surface area contributed by atoms with E-state index in [-0.39, 0.29) is 17.9 Å². The van der Waals surface area contributed by atoms with Gasteiger partial charge in [-0.15, -0.1) is 0 Å². The average molecular weight is 238 g/mol. The van der Waals surface area contributed by atoms with Crippen LogP contribution in [0.3, 0.4) is 0 Å². The Bertz CT molecular complexity index is 406. The molecule has 0 aliphatic rings. The van der Waals surface area contributed by atoms with Gasteiger partial charge in [0.05, 0.1) is 0 Å². The number of hydrogen-bond acceptors (Lipinski definition) is 4. The van der Waals surface area contributed by atoms with E-state index in [2.05, 4.69) is 10.3 Å². The molecule has 6 heteroatoms. The van der Waals surface area contributed by atoms with Gasteiger partial charge in [-0.25, -0.2) is 4.98 Å². The smallest absolute Gasteiger partial charge is 0.303 e. The summed E-state index contributed by atoms with van der Waals surface area (Å²) in [6.07, 6.45) is 2.58. The lowest BCUT2D eigenvalue weighted by Gasteiger charge is -2.04. The zero-order valence-electron chi connectivity index (χ0n) is 9.22. The van der Waals surface area contributed by atoms with Crippen molar-refractivity contribution in [2.75, 3.05) is 6.54 Å². The molecule has 0 saturated carbocycles. The van der Waals surface area contributed by atoms with E-state index in [1.165, 1.54) is 18.3 Å². The molecule has 0 radical (unpaired) electrons. The average Bonchev–Trinajstić information content (AvgIpc) is 2.28. The molecule has 0 fully saturated rings. The van der Waals surface area contributed by atoms with Crippen molar-refractivity contribution in [1.29, 1.82) is 0 Å². The molecule has 1 aromatic rings. The van der Waals surface area contributed by atoms with Crippen molar-refractivity contribution in [3.05, 3.63) is 24.0 Å². The van der Waals surface area contributed by atoms with Crippen LogP contribution in [-0.4, -0.2) is 33.6 Å². The quantitative estimate of drug-likeness (QED) is 0.636. The van der Waals surface area contributed by atoms with Crippen molar-refractivity contribution in [2.45, 2.75) is 19.3 Å². The molecule has 17 heavy (non-hydrogen) atoms. The van der Waals surface area contributed by atoms with Gasteiger partial charge >= 0.3 is 5.97 Å². The van der Waals surface area contributed by atoms with Crippen LogP contribution in [0.15, 0.2) is 18.3 Å². The number of aliphatic carboxylic acids is 1. The van der Waals surface area contributed by atoms with E-state index in [1.54, 1.807) is 0 Å². The van der Waals surface area contributed by atoms with E-state index < -0.39 is 11.9 Å². The third kappa shape index (κ3) is 4.50. The summed E-state index contributed by atoms with van der Waals surface area (Å²) in [5.74, 6) is -1.48.